The number of aromatic nitrogens is 2. The Morgan fingerprint density at radius 3 is 3.00 bits per heavy atom. The number of halogens is 1. The molecule has 0 radical (unpaired) electrons. The van der Waals surface area contributed by atoms with E-state index in [0.29, 0.717) is 23.9 Å². The minimum atomic E-state index is 0.229. The van der Waals surface area contributed by atoms with Crippen LogP contribution in [0.2, 0.25) is 5.02 Å². The summed E-state index contributed by atoms with van der Waals surface area (Å²) in [6.45, 7) is 3.01. The van der Waals surface area contributed by atoms with Gasteiger partial charge in [-0.3, -0.25) is 9.48 Å². The number of carbonyl (C=O) groups excluding carboxylic acids is 1. The van der Waals surface area contributed by atoms with Crippen molar-refractivity contribution in [2.75, 3.05) is 18.1 Å². The van der Waals surface area contributed by atoms with Gasteiger partial charge in [-0.2, -0.15) is 16.9 Å². The molecule has 19 heavy (non-hydrogen) atoms. The van der Waals surface area contributed by atoms with Crippen LogP contribution in [0.4, 0.5) is 0 Å². The van der Waals surface area contributed by atoms with Gasteiger partial charge in [0.2, 0.25) is 0 Å². The van der Waals surface area contributed by atoms with Crippen molar-refractivity contribution in [2.24, 2.45) is 7.05 Å². The molecule has 1 unspecified atom stereocenters. The number of nitrogens with one attached hydrogen (secondary N) is 1. The first-order valence-electron chi connectivity index (χ1n) is 6.64. The molecule has 1 aromatic heterocycles. The van der Waals surface area contributed by atoms with Crippen LogP contribution in [0.1, 0.15) is 24.7 Å². The molecule has 2 heterocycles. The highest BCUT2D eigenvalue weighted by Gasteiger charge is 2.20. The van der Waals surface area contributed by atoms with Gasteiger partial charge in [0.05, 0.1) is 16.4 Å². The summed E-state index contributed by atoms with van der Waals surface area (Å²) in [5.41, 5.74) is 1.71. The van der Waals surface area contributed by atoms with Crippen LogP contribution < -0.4 is 5.32 Å². The lowest BCUT2D eigenvalue weighted by Crippen LogP contribution is -2.39. The highest BCUT2D eigenvalue weighted by molar-refractivity contribution is 7.99. The second kappa shape index (κ2) is 6.77. The normalized spacial score (nSPS) is 19.6. The van der Waals surface area contributed by atoms with Crippen molar-refractivity contribution in [1.29, 1.82) is 0 Å². The summed E-state index contributed by atoms with van der Waals surface area (Å²) in [4.78, 5) is 12.1. The SMILES string of the molecule is CCc1nn(C)c(CC(=O)CC2CSCCN2)c1Cl. The van der Waals surface area contributed by atoms with Gasteiger partial charge in [0, 0.05) is 44.0 Å². The summed E-state index contributed by atoms with van der Waals surface area (Å²) in [5.74, 6) is 2.39. The summed E-state index contributed by atoms with van der Waals surface area (Å²) < 4.78 is 1.74. The van der Waals surface area contributed by atoms with Crippen molar-refractivity contribution in [3.63, 3.8) is 0 Å². The van der Waals surface area contributed by atoms with Gasteiger partial charge in [-0.1, -0.05) is 18.5 Å². The Kier molecular flexibility index (Phi) is 5.30. The highest BCUT2D eigenvalue weighted by atomic mass is 35.5. The fraction of sp³-hybridized carbons (Fsp3) is 0.692. The van der Waals surface area contributed by atoms with Crippen molar-refractivity contribution in [1.82, 2.24) is 15.1 Å². The van der Waals surface area contributed by atoms with Gasteiger partial charge in [-0.15, -0.1) is 0 Å². The summed E-state index contributed by atoms with van der Waals surface area (Å²) in [6, 6.07) is 0.309. The molecule has 1 aromatic rings. The average molecular weight is 302 g/mol. The van der Waals surface area contributed by atoms with Crippen LogP contribution in [0.3, 0.4) is 0 Å². The quantitative estimate of drug-likeness (QED) is 0.901. The Bertz CT molecular complexity index is 455. The second-order valence-corrected chi connectivity index (χ2v) is 6.36. The van der Waals surface area contributed by atoms with Crippen molar-refractivity contribution in [3.8, 4) is 0 Å². The number of carbonyl (C=O) groups is 1. The Hall–Kier alpha value is -0.520. The molecule has 6 heteroatoms. The van der Waals surface area contributed by atoms with Crippen LogP contribution in [0.5, 0.6) is 0 Å². The van der Waals surface area contributed by atoms with Gasteiger partial charge in [0.25, 0.3) is 0 Å². The van der Waals surface area contributed by atoms with Crippen LogP contribution in [-0.4, -0.2) is 39.7 Å². The van der Waals surface area contributed by atoms with Gasteiger partial charge in [-0.25, -0.2) is 0 Å². The van der Waals surface area contributed by atoms with Crippen molar-refractivity contribution < 1.29 is 4.79 Å². The Labute approximate surface area is 123 Å². The van der Waals surface area contributed by atoms with E-state index in [9.17, 15) is 4.79 Å². The largest absolute Gasteiger partial charge is 0.312 e. The Morgan fingerprint density at radius 1 is 1.63 bits per heavy atom. The third-order valence-electron chi connectivity index (χ3n) is 3.34. The fourth-order valence-electron chi connectivity index (χ4n) is 2.30. The number of ketones is 1. The zero-order chi connectivity index (χ0) is 13.8. The van der Waals surface area contributed by atoms with Crippen LogP contribution in [0.15, 0.2) is 0 Å². The molecule has 1 N–H and O–H groups in total. The number of hydrogen-bond acceptors (Lipinski definition) is 4. The van der Waals surface area contributed by atoms with Crippen molar-refractivity contribution >= 4 is 29.1 Å². The van der Waals surface area contributed by atoms with E-state index in [-0.39, 0.29) is 5.78 Å². The highest BCUT2D eigenvalue weighted by Crippen LogP contribution is 2.22. The fourth-order valence-corrected chi connectivity index (χ4v) is 3.61. The van der Waals surface area contributed by atoms with Gasteiger partial charge >= 0.3 is 0 Å². The molecule has 1 atom stereocenters. The molecule has 0 aromatic carbocycles. The van der Waals surface area contributed by atoms with Crippen LogP contribution in [0, 0.1) is 0 Å². The molecular formula is C13H20ClN3OS. The smallest absolute Gasteiger partial charge is 0.140 e. The molecule has 0 amide bonds. The predicted molar refractivity (Wildman–Crippen MR) is 80.0 cm³/mol. The number of Topliss-reactive ketones (excluding diaryl/α,β-unsaturated/α-hetero) is 1. The molecule has 0 spiro atoms. The standard InChI is InChI=1S/C13H20ClN3OS/c1-3-11-13(14)12(17(2)16-11)7-10(18)6-9-8-19-5-4-15-9/h9,15H,3-8H2,1-2H3. The van der Waals surface area contributed by atoms with Crippen LogP contribution >= 0.6 is 23.4 Å². The third-order valence-corrected chi connectivity index (χ3v) is 4.91. The number of rotatable bonds is 5. The lowest BCUT2D eigenvalue weighted by Gasteiger charge is -2.22. The van der Waals surface area contributed by atoms with E-state index in [1.165, 1.54) is 0 Å². The maximum absolute atomic E-state index is 12.1. The van der Waals surface area contributed by atoms with E-state index < -0.39 is 0 Å². The van der Waals surface area contributed by atoms with Crippen molar-refractivity contribution in [3.05, 3.63) is 16.4 Å². The minimum Gasteiger partial charge on any atom is -0.312 e. The monoisotopic (exact) mass is 301 g/mol. The summed E-state index contributed by atoms with van der Waals surface area (Å²) in [7, 11) is 1.85. The molecule has 2 rings (SSSR count). The van der Waals surface area contributed by atoms with Gasteiger partial charge in [0.15, 0.2) is 0 Å². The molecule has 1 aliphatic rings. The first kappa shape index (κ1) is 14.9. The number of thioether (sulfide) groups is 1. The molecular weight excluding hydrogens is 282 g/mol. The molecule has 0 aliphatic carbocycles. The molecule has 0 bridgehead atoms. The van der Waals surface area contributed by atoms with Gasteiger partial charge < -0.3 is 5.32 Å². The average Bonchev–Trinajstić information content (AvgIpc) is 2.67. The molecule has 1 fully saturated rings. The zero-order valence-corrected chi connectivity index (χ0v) is 13.0. The first-order valence-corrected chi connectivity index (χ1v) is 8.18. The maximum atomic E-state index is 12.1. The van der Waals surface area contributed by atoms with Crippen LogP contribution in [-0.2, 0) is 24.7 Å². The van der Waals surface area contributed by atoms with Crippen molar-refractivity contribution in [2.45, 2.75) is 32.2 Å². The van der Waals surface area contributed by atoms with Crippen LogP contribution in [0.25, 0.3) is 0 Å². The molecule has 4 nitrogen and oxygen atoms in total. The topological polar surface area (TPSA) is 46.9 Å². The van der Waals surface area contributed by atoms with Gasteiger partial charge in [-0.05, 0) is 6.42 Å². The maximum Gasteiger partial charge on any atom is 0.140 e. The molecule has 0 saturated carbocycles. The first-order chi connectivity index (χ1) is 9.11. The van der Waals surface area contributed by atoms with E-state index in [0.717, 1.165) is 35.9 Å². The lowest BCUT2D eigenvalue weighted by molar-refractivity contribution is -0.118. The third kappa shape index (κ3) is 3.74. The van der Waals surface area contributed by atoms with E-state index in [1.807, 2.05) is 25.7 Å². The number of hydrogen-bond donors (Lipinski definition) is 1. The lowest BCUT2D eigenvalue weighted by atomic mass is 10.1. The number of nitrogens with zero attached hydrogens (tertiary/aromatic N) is 2. The summed E-state index contributed by atoms with van der Waals surface area (Å²) in [5, 5.41) is 8.38. The van der Waals surface area contributed by atoms with E-state index in [2.05, 4.69) is 10.4 Å². The molecule has 1 saturated heterocycles. The number of aryl methyl sites for hydroxylation is 2. The molecule has 106 valence electrons. The Balaban J connectivity index is 1.96. The Morgan fingerprint density at radius 2 is 2.42 bits per heavy atom. The summed E-state index contributed by atoms with van der Waals surface area (Å²) in [6.07, 6.45) is 1.75. The second-order valence-electron chi connectivity index (χ2n) is 4.83. The van der Waals surface area contributed by atoms with E-state index >= 15 is 0 Å². The minimum absolute atomic E-state index is 0.229. The zero-order valence-electron chi connectivity index (χ0n) is 11.4. The summed E-state index contributed by atoms with van der Waals surface area (Å²) >= 11 is 8.17. The predicted octanol–water partition coefficient (Wildman–Crippen LogP) is 1.84. The van der Waals surface area contributed by atoms with E-state index in [4.69, 9.17) is 11.6 Å². The molecule has 1 aliphatic heterocycles. The van der Waals surface area contributed by atoms with Gasteiger partial charge in [0.1, 0.15) is 5.78 Å². The van der Waals surface area contributed by atoms with E-state index in [1.54, 1.807) is 4.68 Å².